The maximum Gasteiger partial charge on any atom is 0.291 e. The van der Waals surface area contributed by atoms with E-state index in [1.54, 1.807) is 15.9 Å². The van der Waals surface area contributed by atoms with Crippen LogP contribution in [0.2, 0.25) is 0 Å². The van der Waals surface area contributed by atoms with Crippen molar-refractivity contribution in [3.63, 3.8) is 0 Å². The molecule has 0 fully saturated rings. The SMILES string of the molecule is CCN(CC)CCNC(=O)c1nc2c3c4c(sc3nc(C)n2n1)CCC4. The second-order valence-corrected chi connectivity index (χ2v) is 7.73. The number of aromatic nitrogens is 4. The third-order valence-electron chi connectivity index (χ3n) is 5.11. The van der Waals surface area contributed by atoms with Crippen molar-refractivity contribution in [2.24, 2.45) is 0 Å². The number of rotatable bonds is 6. The standard InChI is InChI=1S/C18H24N6OS/c1-4-23(5-2)10-9-19-17(25)15-21-16-14-12-7-6-8-13(12)26-18(14)20-11(3)24(16)22-15/h4-10H2,1-3H3,(H,19,25). The number of amides is 1. The molecule has 0 saturated heterocycles. The van der Waals surface area contributed by atoms with Crippen LogP contribution in [0.3, 0.4) is 0 Å². The second kappa shape index (κ2) is 6.92. The summed E-state index contributed by atoms with van der Waals surface area (Å²) in [5.41, 5.74) is 2.11. The molecule has 0 spiro atoms. The molecule has 8 heteroatoms. The first-order valence-electron chi connectivity index (χ1n) is 9.30. The third-order valence-corrected chi connectivity index (χ3v) is 6.30. The van der Waals surface area contributed by atoms with Crippen LogP contribution in [0.1, 0.15) is 47.2 Å². The summed E-state index contributed by atoms with van der Waals surface area (Å²) in [6.45, 7) is 9.53. The molecule has 1 N–H and O–H groups in total. The van der Waals surface area contributed by atoms with Crippen LogP contribution in [0.4, 0.5) is 0 Å². The molecule has 0 bridgehead atoms. The third kappa shape index (κ3) is 2.87. The van der Waals surface area contributed by atoms with E-state index in [0.717, 1.165) is 54.2 Å². The highest BCUT2D eigenvalue weighted by atomic mass is 32.1. The lowest BCUT2D eigenvalue weighted by Gasteiger charge is -2.17. The fourth-order valence-corrected chi connectivity index (χ4v) is 4.94. The van der Waals surface area contributed by atoms with Crippen molar-refractivity contribution in [1.82, 2.24) is 29.8 Å². The molecule has 3 aromatic rings. The maximum atomic E-state index is 12.5. The van der Waals surface area contributed by atoms with Gasteiger partial charge in [0.25, 0.3) is 5.91 Å². The Hall–Kier alpha value is -2.06. The Morgan fingerprint density at radius 2 is 2.08 bits per heavy atom. The zero-order valence-corrected chi connectivity index (χ0v) is 16.3. The molecule has 26 heavy (non-hydrogen) atoms. The Labute approximate surface area is 156 Å². The molecule has 0 radical (unpaired) electrons. The molecule has 1 aliphatic rings. The molecule has 138 valence electrons. The minimum absolute atomic E-state index is 0.222. The van der Waals surface area contributed by atoms with Crippen molar-refractivity contribution in [2.45, 2.75) is 40.0 Å². The van der Waals surface area contributed by atoms with E-state index < -0.39 is 0 Å². The highest BCUT2D eigenvalue weighted by Crippen LogP contribution is 2.38. The van der Waals surface area contributed by atoms with Crippen molar-refractivity contribution < 1.29 is 4.79 Å². The lowest BCUT2D eigenvalue weighted by atomic mass is 10.2. The average molecular weight is 372 g/mol. The summed E-state index contributed by atoms with van der Waals surface area (Å²) in [6, 6.07) is 0. The molecule has 3 aromatic heterocycles. The Kier molecular flexibility index (Phi) is 4.62. The lowest BCUT2D eigenvalue weighted by Crippen LogP contribution is -2.35. The summed E-state index contributed by atoms with van der Waals surface area (Å²) >= 11 is 1.76. The van der Waals surface area contributed by atoms with Crippen molar-refractivity contribution in [1.29, 1.82) is 0 Å². The first kappa shape index (κ1) is 17.4. The van der Waals surface area contributed by atoms with Gasteiger partial charge in [-0.3, -0.25) is 4.79 Å². The first-order valence-corrected chi connectivity index (χ1v) is 10.1. The molecule has 0 aromatic carbocycles. The number of fused-ring (bicyclic) bond motifs is 5. The molecule has 0 atom stereocenters. The zero-order valence-electron chi connectivity index (χ0n) is 15.5. The number of hydrogen-bond donors (Lipinski definition) is 1. The summed E-state index contributed by atoms with van der Waals surface area (Å²) in [7, 11) is 0. The fourth-order valence-electron chi connectivity index (χ4n) is 3.64. The molecule has 1 amide bonds. The van der Waals surface area contributed by atoms with Crippen LogP contribution in [0.5, 0.6) is 0 Å². The van der Waals surface area contributed by atoms with E-state index in [4.69, 9.17) is 0 Å². The summed E-state index contributed by atoms with van der Waals surface area (Å²) in [5.74, 6) is 0.766. The Bertz CT molecular complexity index is 971. The van der Waals surface area contributed by atoms with Crippen LogP contribution in [0.25, 0.3) is 15.9 Å². The van der Waals surface area contributed by atoms with E-state index in [2.05, 4.69) is 39.1 Å². The summed E-state index contributed by atoms with van der Waals surface area (Å²) in [4.78, 5) is 26.5. The highest BCUT2D eigenvalue weighted by molar-refractivity contribution is 7.19. The van der Waals surface area contributed by atoms with E-state index in [1.807, 2.05) is 6.92 Å². The number of nitrogens with one attached hydrogen (secondary N) is 1. The summed E-state index contributed by atoms with van der Waals surface area (Å²) in [5, 5.41) is 8.45. The van der Waals surface area contributed by atoms with Gasteiger partial charge in [0.1, 0.15) is 10.7 Å². The molecule has 0 saturated carbocycles. The molecular formula is C18H24N6OS. The van der Waals surface area contributed by atoms with Gasteiger partial charge in [0, 0.05) is 18.0 Å². The quantitative estimate of drug-likeness (QED) is 0.718. The Balaban J connectivity index is 1.64. The normalized spacial score (nSPS) is 13.8. The molecule has 0 aliphatic heterocycles. The van der Waals surface area contributed by atoms with Gasteiger partial charge in [-0.05, 0) is 44.8 Å². The molecule has 0 unspecified atom stereocenters. The van der Waals surface area contributed by atoms with Gasteiger partial charge in [-0.15, -0.1) is 16.4 Å². The van der Waals surface area contributed by atoms with Crippen molar-refractivity contribution in [2.75, 3.05) is 26.2 Å². The first-order chi connectivity index (χ1) is 12.6. The van der Waals surface area contributed by atoms with Crippen LogP contribution in [0, 0.1) is 6.92 Å². The average Bonchev–Trinajstić information content (AvgIpc) is 3.32. The fraction of sp³-hybridized carbons (Fsp3) is 0.556. The van der Waals surface area contributed by atoms with E-state index in [9.17, 15) is 4.79 Å². The van der Waals surface area contributed by atoms with Gasteiger partial charge >= 0.3 is 0 Å². The van der Waals surface area contributed by atoms with Gasteiger partial charge in [0.15, 0.2) is 5.65 Å². The summed E-state index contributed by atoms with van der Waals surface area (Å²) < 4.78 is 1.72. The minimum atomic E-state index is -0.222. The Morgan fingerprint density at radius 1 is 1.27 bits per heavy atom. The number of likely N-dealkylation sites (N-methyl/N-ethyl adjacent to an activating group) is 1. The maximum absolute atomic E-state index is 12.5. The summed E-state index contributed by atoms with van der Waals surface area (Å²) in [6.07, 6.45) is 3.37. The zero-order chi connectivity index (χ0) is 18.3. The van der Waals surface area contributed by atoms with Crippen LogP contribution < -0.4 is 5.32 Å². The number of carbonyl (C=O) groups excluding carboxylic acids is 1. The van der Waals surface area contributed by atoms with Crippen molar-refractivity contribution in [3.05, 3.63) is 22.1 Å². The van der Waals surface area contributed by atoms with Gasteiger partial charge in [0.05, 0.1) is 5.39 Å². The van der Waals surface area contributed by atoms with E-state index >= 15 is 0 Å². The number of carbonyl (C=O) groups is 1. The number of hydrogen-bond acceptors (Lipinski definition) is 6. The van der Waals surface area contributed by atoms with Crippen LogP contribution in [-0.4, -0.2) is 56.6 Å². The van der Waals surface area contributed by atoms with Gasteiger partial charge in [0.2, 0.25) is 5.82 Å². The highest BCUT2D eigenvalue weighted by Gasteiger charge is 2.24. The predicted octanol–water partition coefficient (Wildman–Crippen LogP) is 2.21. The monoisotopic (exact) mass is 372 g/mol. The minimum Gasteiger partial charge on any atom is -0.348 e. The van der Waals surface area contributed by atoms with Crippen LogP contribution >= 0.6 is 11.3 Å². The number of aryl methyl sites for hydroxylation is 3. The van der Waals surface area contributed by atoms with Crippen LogP contribution in [0.15, 0.2) is 0 Å². The number of thiophene rings is 1. The van der Waals surface area contributed by atoms with Crippen molar-refractivity contribution in [3.8, 4) is 0 Å². The molecule has 1 aliphatic carbocycles. The van der Waals surface area contributed by atoms with E-state index in [0.29, 0.717) is 6.54 Å². The Morgan fingerprint density at radius 3 is 2.85 bits per heavy atom. The van der Waals surface area contributed by atoms with E-state index in [-0.39, 0.29) is 11.7 Å². The van der Waals surface area contributed by atoms with Gasteiger partial charge in [-0.2, -0.15) is 4.52 Å². The molecule has 4 rings (SSSR count). The molecule has 7 nitrogen and oxygen atoms in total. The van der Waals surface area contributed by atoms with Gasteiger partial charge in [-0.25, -0.2) is 9.97 Å². The molecule has 3 heterocycles. The smallest absolute Gasteiger partial charge is 0.291 e. The molecular weight excluding hydrogens is 348 g/mol. The largest absolute Gasteiger partial charge is 0.348 e. The lowest BCUT2D eigenvalue weighted by molar-refractivity contribution is 0.0939. The topological polar surface area (TPSA) is 75.4 Å². The van der Waals surface area contributed by atoms with Crippen LogP contribution in [-0.2, 0) is 12.8 Å². The number of nitrogens with zero attached hydrogens (tertiary/aromatic N) is 5. The van der Waals surface area contributed by atoms with Gasteiger partial charge < -0.3 is 10.2 Å². The van der Waals surface area contributed by atoms with E-state index in [1.165, 1.54) is 16.9 Å². The second-order valence-electron chi connectivity index (χ2n) is 6.65. The van der Waals surface area contributed by atoms with Gasteiger partial charge in [-0.1, -0.05) is 13.8 Å². The van der Waals surface area contributed by atoms with Crippen molar-refractivity contribution >= 4 is 33.1 Å². The predicted molar refractivity (Wildman–Crippen MR) is 103 cm³/mol.